The molecule has 0 aliphatic rings. The van der Waals surface area contributed by atoms with Crippen molar-refractivity contribution >= 4 is 45.5 Å². The molecule has 1 aromatic rings. The molecule has 0 amide bonds. The molecular weight excluding hydrogens is 287 g/mol. The number of anilines is 1. The van der Waals surface area contributed by atoms with Gasteiger partial charge in [-0.3, -0.25) is 0 Å². The average Bonchev–Trinajstić information content (AvgIpc) is 2.30. The predicted molar refractivity (Wildman–Crippen MR) is 84.9 cm³/mol. The van der Waals surface area contributed by atoms with Gasteiger partial charge in [-0.2, -0.15) is 13.6 Å². The fourth-order valence-electron chi connectivity index (χ4n) is 1.96. The molecule has 5 nitrogen and oxygen atoms in total. The van der Waals surface area contributed by atoms with E-state index in [1.54, 1.807) is 13.0 Å². The normalized spacial score (nSPS) is 10.8. The van der Waals surface area contributed by atoms with E-state index in [9.17, 15) is 8.42 Å². The standard InChI is InChI=1S/C13H22N2O3S.Na.H/c1-4-8-15(9-5-2)12-6-7-13(11(3)10-12)18-19(14,16)17;;/h6-7,10H,4-5,8-9H2,1-3H3,(H2,14,16,17);;. The SMILES string of the molecule is CCCN(CCC)c1ccc(OS(N)(=O)=O)c(C)c1.[NaH]. The van der Waals surface area contributed by atoms with Crippen LogP contribution >= 0.6 is 0 Å². The molecule has 0 unspecified atom stereocenters. The maximum absolute atomic E-state index is 10.9. The van der Waals surface area contributed by atoms with E-state index in [2.05, 4.69) is 18.7 Å². The first kappa shape index (κ1) is 19.7. The third-order valence-electron chi connectivity index (χ3n) is 2.72. The summed E-state index contributed by atoms with van der Waals surface area (Å²) in [6, 6.07) is 5.43. The second-order valence-corrected chi connectivity index (χ2v) is 5.67. The van der Waals surface area contributed by atoms with E-state index in [0.717, 1.165) is 37.2 Å². The van der Waals surface area contributed by atoms with Crippen molar-refractivity contribution < 1.29 is 12.6 Å². The van der Waals surface area contributed by atoms with Gasteiger partial charge in [0.05, 0.1) is 0 Å². The van der Waals surface area contributed by atoms with Crippen molar-refractivity contribution in [1.29, 1.82) is 0 Å². The summed E-state index contributed by atoms with van der Waals surface area (Å²) in [5.41, 5.74) is 1.83. The van der Waals surface area contributed by atoms with Gasteiger partial charge in [-0.1, -0.05) is 13.8 Å². The Bertz CT molecular complexity index is 514. The van der Waals surface area contributed by atoms with E-state index >= 15 is 0 Å². The Morgan fingerprint density at radius 1 is 1.20 bits per heavy atom. The molecule has 20 heavy (non-hydrogen) atoms. The van der Waals surface area contributed by atoms with Gasteiger partial charge in [0.2, 0.25) is 0 Å². The first-order valence-electron chi connectivity index (χ1n) is 6.45. The van der Waals surface area contributed by atoms with Gasteiger partial charge in [0, 0.05) is 18.8 Å². The molecule has 0 bridgehead atoms. The number of hydrogen-bond donors (Lipinski definition) is 1. The molecule has 0 atom stereocenters. The van der Waals surface area contributed by atoms with Crippen LogP contribution in [0.4, 0.5) is 5.69 Å². The number of rotatable bonds is 7. The topological polar surface area (TPSA) is 72.6 Å². The van der Waals surface area contributed by atoms with Crippen LogP contribution in [-0.4, -0.2) is 51.1 Å². The number of nitrogens with zero attached hydrogens (tertiary/aromatic N) is 1. The first-order valence-corrected chi connectivity index (χ1v) is 7.92. The van der Waals surface area contributed by atoms with E-state index in [-0.39, 0.29) is 35.3 Å². The summed E-state index contributed by atoms with van der Waals surface area (Å²) in [5.74, 6) is 0.277. The molecule has 0 aromatic heterocycles. The molecule has 0 aliphatic carbocycles. The van der Waals surface area contributed by atoms with E-state index in [4.69, 9.17) is 9.32 Å². The Morgan fingerprint density at radius 3 is 2.15 bits per heavy atom. The van der Waals surface area contributed by atoms with Crippen molar-refractivity contribution in [1.82, 2.24) is 0 Å². The Morgan fingerprint density at radius 2 is 1.75 bits per heavy atom. The van der Waals surface area contributed by atoms with E-state index < -0.39 is 10.3 Å². The molecule has 7 heteroatoms. The number of aryl methyl sites for hydroxylation is 1. The monoisotopic (exact) mass is 310 g/mol. The van der Waals surface area contributed by atoms with Crippen LogP contribution in [0.15, 0.2) is 18.2 Å². The molecule has 1 aromatic carbocycles. The summed E-state index contributed by atoms with van der Waals surface area (Å²) in [7, 11) is -3.97. The molecule has 0 aliphatic heterocycles. The van der Waals surface area contributed by atoms with Gasteiger partial charge >= 0.3 is 39.9 Å². The maximum atomic E-state index is 10.9. The van der Waals surface area contributed by atoms with Crippen LogP contribution in [0.2, 0.25) is 0 Å². The fourth-order valence-corrected chi connectivity index (χ4v) is 2.40. The van der Waals surface area contributed by atoms with Crippen molar-refractivity contribution in [2.75, 3.05) is 18.0 Å². The molecule has 1 rings (SSSR count). The van der Waals surface area contributed by atoms with Crippen LogP contribution in [0.5, 0.6) is 5.75 Å². The summed E-state index contributed by atoms with van der Waals surface area (Å²) in [4.78, 5) is 2.27. The zero-order chi connectivity index (χ0) is 14.5. The third-order valence-corrected chi connectivity index (χ3v) is 3.13. The van der Waals surface area contributed by atoms with Crippen molar-refractivity contribution in [3.63, 3.8) is 0 Å². The van der Waals surface area contributed by atoms with E-state index in [1.807, 2.05) is 12.1 Å². The van der Waals surface area contributed by atoms with Gasteiger partial charge in [0.25, 0.3) is 0 Å². The van der Waals surface area contributed by atoms with Crippen LogP contribution in [0.3, 0.4) is 0 Å². The van der Waals surface area contributed by atoms with Crippen molar-refractivity contribution in [3.05, 3.63) is 23.8 Å². The Balaban J connectivity index is 0.00000361. The second-order valence-electron chi connectivity index (χ2n) is 4.51. The van der Waals surface area contributed by atoms with Crippen molar-refractivity contribution in [2.24, 2.45) is 5.14 Å². The Kier molecular flexibility index (Phi) is 8.77. The van der Waals surface area contributed by atoms with E-state index in [1.165, 1.54) is 0 Å². The summed E-state index contributed by atoms with van der Waals surface area (Å²) in [5, 5.41) is 4.87. The summed E-state index contributed by atoms with van der Waals surface area (Å²) < 4.78 is 26.6. The predicted octanol–water partition coefficient (Wildman–Crippen LogP) is 1.56. The molecule has 0 saturated carbocycles. The molecule has 0 fully saturated rings. The Labute approximate surface area is 144 Å². The number of nitrogens with two attached hydrogens (primary N) is 1. The molecule has 0 radical (unpaired) electrons. The zero-order valence-corrected chi connectivity index (χ0v) is 12.5. The first-order chi connectivity index (χ1) is 8.87. The van der Waals surface area contributed by atoms with Crippen LogP contribution in [0, 0.1) is 6.92 Å². The van der Waals surface area contributed by atoms with Crippen LogP contribution in [-0.2, 0) is 10.3 Å². The fraction of sp³-hybridized carbons (Fsp3) is 0.538. The number of hydrogen-bond acceptors (Lipinski definition) is 4. The van der Waals surface area contributed by atoms with Crippen molar-refractivity contribution in [3.8, 4) is 5.75 Å². The summed E-state index contributed by atoms with van der Waals surface area (Å²) >= 11 is 0. The third kappa shape index (κ3) is 6.45. The van der Waals surface area contributed by atoms with Gasteiger partial charge in [-0.05, 0) is 43.5 Å². The second kappa shape index (κ2) is 8.89. The minimum absolute atomic E-state index is 0. The molecule has 0 spiro atoms. The Hall–Kier alpha value is -0.270. The molecule has 2 N–H and O–H groups in total. The van der Waals surface area contributed by atoms with E-state index in [0.29, 0.717) is 0 Å². The van der Waals surface area contributed by atoms with Gasteiger partial charge < -0.3 is 9.08 Å². The molecular formula is C13H23N2NaO3S. The van der Waals surface area contributed by atoms with Crippen LogP contribution < -0.4 is 14.2 Å². The average molecular weight is 310 g/mol. The van der Waals surface area contributed by atoms with Gasteiger partial charge in [0.1, 0.15) is 5.75 Å². The quantitative estimate of drug-likeness (QED) is 0.776. The van der Waals surface area contributed by atoms with Crippen LogP contribution in [0.25, 0.3) is 0 Å². The summed E-state index contributed by atoms with van der Waals surface area (Å²) in [6.07, 6.45) is 2.13. The minimum atomic E-state index is -3.97. The van der Waals surface area contributed by atoms with Crippen molar-refractivity contribution in [2.45, 2.75) is 33.6 Å². The van der Waals surface area contributed by atoms with Gasteiger partial charge in [-0.15, -0.1) is 0 Å². The van der Waals surface area contributed by atoms with Crippen LogP contribution in [0.1, 0.15) is 32.3 Å². The van der Waals surface area contributed by atoms with Gasteiger partial charge in [0.15, 0.2) is 0 Å². The number of benzene rings is 1. The molecule has 0 heterocycles. The molecule has 0 saturated heterocycles. The van der Waals surface area contributed by atoms with Gasteiger partial charge in [-0.25, -0.2) is 0 Å². The molecule has 110 valence electrons. The summed E-state index contributed by atoms with van der Waals surface area (Å²) in [6.45, 7) is 8.02. The zero-order valence-electron chi connectivity index (χ0n) is 11.7.